The van der Waals surface area contributed by atoms with E-state index >= 15 is 0 Å². The number of ether oxygens (including phenoxy) is 1. The van der Waals surface area contributed by atoms with Crippen LogP contribution in [0.1, 0.15) is 40.0 Å². The largest absolute Gasteiger partial charge is 0.377 e. The van der Waals surface area contributed by atoms with E-state index in [0.29, 0.717) is 12.0 Å². The number of hydrogen-bond acceptors (Lipinski definition) is 1. The van der Waals surface area contributed by atoms with Gasteiger partial charge in [-0.1, -0.05) is 37.6 Å². The molecule has 0 aliphatic heterocycles. The van der Waals surface area contributed by atoms with Crippen LogP contribution in [-0.4, -0.2) is 13.2 Å². The lowest BCUT2D eigenvalue weighted by molar-refractivity contribution is -0.0106. The minimum atomic E-state index is 0.554. The van der Waals surface area contributed by atoms with Crippen LogP contribution >= 0.6 is 0 Å². The quantitative estimate of drug-likeness (QED) is 0.503. The summed E-state index contributed by atoms with van der Waals surface area (Å²) in [7, 11) is 0. The minimum absolute atomic E-state index is 0.554. The van der Waals surface area contributed by atoms with Gasteiger partial charge in [-0.3, -0.25) is 0 Å². The summed E-state index contributed by atoms with van der Waals surface area (Å²) in [4.78, 5) is 0. The van der Waals surface area contributed by atoms with Gasteiger partial charge in [0.15, 0.2) is 0 Å². The number of rotatable bonds is 5. The van der Waals surface area contributed by atoms with Gasteiger partial charge in [-0.2, -0.15) is 0 Å². The Bertz CT molecular complexity index is 311. The van der Waals surface area contributed by atoms with Crippen LogP contribution in [0.25, 0.3) is 0 Å². The summed E-state index contributed by atoms with van der Waals surface area (Å²) in [5.41, 5.74) is 3.31. The molecule has 2 atom stereocenters. The fourth-order valence-electron chi connectivity index (χ4n) is 3.19. The smallest absolute Gasteiger partial charge is 0.0671 e. The molecule has 3 aliphatic carbocycles. The first-order chi connectivity index (χ1) is 7.51. The van der Waals surface area contributed by atoms with Crippen LogP contribution in [0.2, 0.25) is 0 Å². The summed E-state index contributed by atoms with van der Waals surface area (Å²) in [6, 6.07) is 0. The van der Waals surface area contributed by atoms with Gasteiger partial charge in [0.05, 0.1) is 13.2 Å². The predicted molar refractivity (Wildman–Crippen MR) is 68.3 cm³/mol. The Labute approximate surface area is 99.6 Å². The highest BCUT2D eigenvalue weighted by Gasteiger charge is 2.50. The Morgan fingerprint density at radius 2 is 2.31 bits per heavy atom. The van der Waals surface area contributed by atoms with Crippen molar-refractivity contribution in [1.82, 2.24) is 0 Å². The highest BCUT2D eigenvalue weighted by molar-refractivity contribution is 5.23. The van der Waals surface area contributed by atoms with E-state index in [2.05, 4.69) is 26.5 Å². The average molecular weight is 220 g/mol. The molecule has 1 saturated carbocycles. The second kappa shape index (κ2) is 4.37. The van der Waals surface area contributed by atoms with E-state index in [1.165, 1.54) is 12.8 Å². The molecule has 1 heteroatoms. The molecule has 16 heavy (non-hydrogen) atoms. The molecule has 0 aromatic heterocycles. The number of allylic oxidation sites excluding steroid dienone is 1. The van der Waals surface area contributed by atoms with Crippen molar-refractivity contribution in [3.63, 3.8) is 0 Å². The molecule has 0 aromatic carbocycles. The van der Waals surface area contributed by atoms with Crippen LogP contribution in [0.3, 0.4) is 0 Å². The van der Waals surface area contributed by atoms with Crippen LogP contribution in [0.5, 0.6) is 0 Å². The van der Waals surface area contributed by atoms with Gasteiger partial charge in [0, 0.05) is 0 Å². The van der Waals surface area contributed by atoms with Crippen molar-refractivity contribution in [3.8, 4) is 0 Å². The fraction of sp³-hybridized carbons (Fsp3) is 0.733. The van der Waals surface area contributed by atoms with E-state index in [9.17, 15) is 0 Å². The molecule has 1 nitrogen and oxygen atoms in total. The van der Waals surface area contributed by atoms with Crippen LogP contribution in [0.15, 0.2) is 23.8 Å². The molecule has 2 bridgehead atoms. The zero-order chi connectivity index (χ0) is 11.8. The molecule has 0 heterocycles. The highest BCUT2D eigenvalue weighted by Crippen LogP contribution is 2.59. The predicted octanol–water partition coefficient (Wildman–Crippen LogP) is 3.96. The SMILES string of the molecule is C=C(C)COCCC1=CC[C@H]2C[C@H]1C2(C)C. The first-order valence-electron chi connectivity index (χ1n) is 6.43. The van der Waals surface area contributed by atoms with Gasteiger partial charge in [0.2, 0.25) is 0 Å². The Kier molecular flexibility index (Phi) is 3.25. The van der Waals surface area contributed by atoms with Gasteiger partial charge in [0.1, 0.15) is 0 Å². The van der Waals surface area contributed by atoms with Crippen molar-refractivity contribution < 1.29 is 4.74 Å². The van der Waals surface area contributed by atoms with Crippen molar-refractivity contribution >= 4 is 0 Å². The lowest BCUT2D eigenvalue weighted by atomic mass is 9.48. The van der Waals surface area contributed by atoms with Crippen molar-refractivity contribution in [2.45, 2.75) is 40.0 Å². The van der Waals surface area contributed by atoms with E-state index in [4.69, 9.17) is 4.74 Å². The van der Waals surface area contributed by atoms with E-state index in [-0.39, 0.29) is 0 Å². The molecular formula is C15H24O. The summed E-state index contributed by atoms with van der Waals surface area (Å²) >= 11 is 0. The van der Waals surface area contributed by atoms with Gasteiger partial charge < -0.3 is 4.74 Å². The molecule has 0 N–H and O–H groups in total. The van der Waals surface area contributed by atoms with Gasteiger partial charge >= 0.3 is 0 Å². The monoisotopic (exact) mass is 220 g/mol. The molecule has 0 radical (unpaired) electrons. The molecular weight excluding hydrogens is 196 g/mol. The third-order valence-electron chi connectivity index (χ3n) is 4.47. The van der Waals surface area contributed by atoms with Crippen LogP contribution < -0.4 is 0 Å². The second-order valence-corrected chi connectivity index (χ2v) is 6.08. The number of fused-ring (bicyclic) bond motifs is 1. The molecule has 0 aromatic rings. The van der Waals surface area contributed by atoms with E-state index in [1.54, 1.807) is 5.57 Å². The normalized spacial score (nSPS) is 30.6. The van der Waals surface area contributed by atoms with Gasteiger partial charge in [-0.25, -0.2) is 0 Å². The summed E-state index contributed by atoms with van der Waals surface area (Å²) in [6.45, 7) is 12.3. The van der Waals surface area contributed by atoms with E-state index < -0.39 is 0 Å². The summed E-state index contributed by atoms with van der Waals surface area (Å²) in [5, 5.41) is 0. The molecule has 3 rings (SSSR count). The lowest BCUT2D eigenvalue weighted by Gasteiger charge is -2.56. The van der Waals surface area contributed by atoms with Gasteiger partial charge in [0.25, 0.3) is 0 Å². The molecule has 90 valence electrons. The van der Waals surface area contributed by atoms with Crippen LogP contribution in [-0.2, 0) is 4.74 Å². The topological polar surface area (TPSA) is 9.23 Å². The van der Waals surface area contributed by atoms with Crippen molar-refractivity contribution in [2.24, 2.45) is 17.3 Å². The zero-order valence-corrected chi connectivity index (χ0v) is 10.9. The second-order valence-electron chi connectivity index (χ2n) is 6.08. The van der Waals surface area contributed by atoms with Crippen molar-refractivity contribution in [2.75, 3.05) is 13.2 Å². The van der Waals surface area contributed by atoms with Crippen LogP contribution in [0.4, 0.5) is 0 Å². The summed E-state index contributed by atoms with van der Waals surface area (Å²) < 4.78 is 5.59. The van der Waals surface area contributed by atoms with E-state index in [0.717, 1.165) is 30.4 Å². The lowest BCUT2D eigenvalue weighted by Crippen LogP contribution is -2.48. The number of hydrogen-bond donors (Lipinski definition) is 0. The Morgan fingerprint density at radius 3 is 2.88 bits per heavy atom. The first kappa shape index (κ1) is 11.9. The zero-order valence-electron chi connectivity index (χ0n) is 10.9. The first-order valence-corrected chi connectivity index (χ1v) is 6.43. The fourth-order valence-corrected chi connectivity index (χ4v) is 3.19. The Balaban J connectivity index is 1.78. The van der Waals surface area contributed by atoms with E-state index in [1.807, 2.05) is 6.92 Å². The van der Waals surface area contributed by atoms with Crippen LogP contribution in [0, 0.1) is 17.3 Å². The highest BCUT2D eigenvalue weighted by atomic mass is 16.5. The summed E-state index contributed by atoms with van der Waals surface area (Å²) in [5.74, 6) is 1.78. The maximum absolute atomic E-state index is 5.59. The molecule has 0 amide bonds. The summed E-state index contributed by atoms with van der Waals surface area (Å²) in [6.07, 6.45) is 6.29. The standard InChI is InChI=1S/C15H24O/c1-11(2)10-16-8-7-12-5-6-13-9-14(12)15(13,3)4/h5,13-14H,1,6-10H2,2-4H3/t13-,14+/m0/s1. The molecule has 1 fully saturated rings. The molecule has 0 unspecified atom stereocenters. The van der Waals surface area contributed by atoms with Gasteiger partial charge in [-0.15, -0.1) is 0 Å². The Hall–Kier alpha value is -0.560. The third kappa shape index (κ3) is 2.10. The Morgan fingerprint density at radius 1 is 1.56 bits per heavy atom. The van der Waals surface area contributed by atoms with Crippen molar-refractivity contribution in [3.05, 3.63) is 23.8 Å². The maximum Gasteiger partial charge on any atom is 0.0671 e. The molecule has 0 saturated heterocycles. The third-order valence-corrected chi connectivity index (χ3v) is 4.47. The molecule has 0 spiro atoms. The minimum Gasteiger partial charge on any atom is -0.377 e. The van der Waals surface area contributed by atoms with Gasteiger partial charge in [-0.05, 0) is 43.4 Å². The molecule has 3 aliphatic rings. The maximum atomic E-state index is 5.59. The average Bonchev–Trinajstić information content (AvgIpc) is 2.24. The van der Waals surface area contributed by atoms with Crippen molar-refractivity contribution in [1.29, 1.82) is 0 Å².